The molecule has 2 aromatic rings. The minimum absolute atomic E-state index is 0.200. The van der Waals surface area contributed by atoms with Crippen LogP contribution in [0, 0.1) is 0 Å². The van der Waals surface area contributed by atoms with Gasteiger partial charge in [-0.2, -0.15) is 0 Å². The SMILES string of the molecule is [2H]CC(=O)N[C@@H](Cc1ccc2ccccc2c1)C(=O)O. The number of carboxylic acids is 1. The number of nitrogens with one attached hydrogen (secondary N) is 1. The largest absolute Gasteiger partial charge is 0.480 e. The number of benzene rings is 2. The number of hydrogen-bond donors (Lipinski definition) is 2. The summed E-state index contributed by atoms with van der Waals surface area (Å²) in [6, 6.07) is 12.5. The van der Waals surface area contributed by atoms with E-state index in [0.29, 0.717) is 0 Å². The van der Waals surface area contributed by atoms with Crippen molar-refractivity contribution >= 4 is 22.6 Å². The van der Waals surface area contributed by atoms with Crippen molar-refractivity contribution in [1.82, 2.24) is 5.32 Å². The lowest BCUT2D eigenvalue weighted by Gasteiger charge is -2.13. The summed E-state index contributed by atoms with van der Waals surface area (Å²) < 4.78 is 6.93. The summed E-state index contributed by atoms with van der Waals surface area (Å²) in [5.41, 5.74) is 0.835. The van der Waals surface area contributed by atoms with E-state index in [-0.39, 0.29) is 6.42 Å². The fraction of sp³-hybridized carbons (Fsp3) is 0.200. The zero-order chi connectivity index (χ0) is 14.5. The van der Waals surface area contributed by atoms with E-state index < -0.39 is 24.8 Å². The highest BCUT2D eigenvalue weighted by atomic mass is 16.4. The molecular formula is C15H15NO3. The Morgan fingerprint density at radius 3 is 2.68 bits per heavy atom. The number of fused-ring (bicyclic) bond motifs is 1. The number of amides is 1. The minimum Gasteiger partial charge on any atom is -0.480 e. The van der Waals surface area contributed by atoms with Gasteiger partial charge in [0, 0.05) is 14.7 Å². The van der Waals surface area contributed by atoms with Crippen molar-refractivity contribution in [2.75, 3.05) is 0 Å². The van der Waals surface area contributed by atoms with Crippen LogP contribution in [0.25, 0.3) is 10.8 Å². The molecule has 0 aliphatic heterocycles. The van der Waals surface area contributed by atoms with Crippen LogP contribution in [0.3, 0.4) is 0 Å². The summed E-state index contributed by atoms with van der Waals surface area (Å²) in [7, 11) is 0. The Bertz CT molecular complexity index is 642. The highest BCUT2D eigenvalue weighted by Gasteiger charge is 2.18. The molecule has 2 N–H and O–H groups in total. The first kappa shape index (κ1) is 11.7. The van der Waals surface area contributed by atoms with Crippen LogP contribution < -0.4 is 5.32 Å². The maximum atomic E-state index is 11.2. The van der Waals surface area contributed by atoms with E-state index in [0.717, 1.165) is 16.3 Å². The number of carbonyl (C=O) groups excluding carboxylic acids is 1. The first-order chi connectivity index (χ1) is 9.60. The molecule has 0 heterocycles. The molecule has 0 aliphatic carbocycles. The van der Waals surface area contributed by atoms with Gasteiger partial charge in [-0.15, -0.1) is 0 Å². The minimum atomic E-state index is -1.10. The summed E-state index contributed by atoms with van der Waals surface area (Å²) in [5, 5.41) is 13.6. The van der Waals surface area contributed by atoms with Gasteiger partial charge in [-0.05, 0) is 16.3 Å². The molecule has 1 amide bonds. The molecule has 4 nitrogen and oxygen atoms in total. The summed E-state index contributed by atoms with van der Waals surface area (Å²) in [4.78, 5) is 22.3. The molecule has 0 saturated carbocycles. The third-order valence-corrected chi connectivity index (χ3v) is 2.89. The summed E-state index contributed by atoms with van der Waals surface area (Å²) in [5.74, 6) is -1.68. The van der Waals surface area contributed by atoms with Crippen LogP contribution in [0.2, 0.25) is 0 Å². The van der Waals surface area contributed by atoms with E-state index in [1.807, 2.05) is 42.5 Å². The zero-order valence-electron chi connectivity index (χ0n) is 11.3. The van der Waals surface area contributed by atoms with Crippen LogP contribution in [0.4, 0.5) is 0 Å². The fourth-order valence-electron chi connectivity index (χ4n) is 2.00. The number of carbonyl (C=O) groups is 2. The highest BCUT2D eigenvalue weighted by molar-refractivity contribution is 5.84. The first-order valence-corrected chi connectivity index (χ1v) is 5.89. The maximum Gasteiger partial charge on any atom is 0.326 e. The first-order valence-electron chi connectivity index (χ1n) is 6.60. The van der Waals surface area contributed by atoms with E-state index in [1.54, 1.807) is 0 Å². The zero-order valence-corrected chi connectivity index (χ0v) is 10.3. The van der Waals surface area contributed by atoms with E-state index in [9.17, 15) is 9.59 Å². The van der Waals surface area contributed by atoms with Gasteiger partial charge >= 0.3 is 5.97 Å². The monoisotopic (exact) mass is 258 g/mol. The third-order valence-electron chi connectivity index (χ3n) is 2.89. The molecule has 98 valence electrons. The second-order valence-electron chi connectivity index (χ2n) is 4.34. The summed E-state index contributed by atoms with van der Waals surface area (Å²) in [6.07, 6.45) is 0.200. The van der Waals surface area contributed by atoms with Gasteiger partial charge < -0.3 is 10.4 Å². The Morgan fingerprint density at radius 2 is 2.00 bits per heavy atom. The number of carboxylic acid groups (broad SMARTS) is 1. The van der Waals surface area contributed by atoms with E-state index in [1.165, 1.54) is 0 Å². The van der Waals surface area contributed by atoms with Crippen LogP contribution in [-0.2, 0) is 16.0 Å². The van der Waals surface area contributed by atoms with E-state index >= 15 is 0 Å². The third kappa shape index (κ3) is 3.31. The molecule has 0 bridgehead atoms. The molecule has 0 aromatic heterocycles. The quantitative estimate of drug-likeness (QED) is 0.881. The van der Waals surface area contributed by atoms with Crippen molar-refractivity contribution in [3.63, 3.8) is 0 Å². The van der Waals surface area contributed by atoms with Crippen molar-refractivity contribution in [1.29, 1.82) is 0 Å². The Morgan fingerprint density at radius 1 is 1.26 bits per heavy atom. The molecule has 0 saturated heterocycles. The molecule has 0 fully saturated rings. The lowest BCUT2D eigenvalue weighted by molar-refractivity contribution is -0.141. The number of aliphatic carboxylic acids is 1. The molecular weight excluding hydrogens is 242 g/mol. The molecule has 0 unspecified atom stereocenters. The second kappa shape index (κ2) is 5.52. The molecule has 0 spiro atoms. The summed E-state index contributed by atoms with van der Waals surface area (Å²) >= 11 is 0. The van der Waals surface area contributed by atoms with Crippen LogP contribution in [0.1, 0.15) is 13.8 Å². The van der Waals surface area contributed by atoms with Crippen molar-refractivity contribution in [2.45, 2.75) is 19.4 Å². The van der Waals surface area contributed by atoms with Crippen LogP contribution >= 0.6 is 0 Å². The molecule has 4 heteroatoms. The predicted molar refractivity (Wildman–Crippen MR) is 72.9 cm³/mol. The number of hydrogen-bond acceptors (Lipinski definition) is 2. The van der Waals surface area contributed by atoms with Gasteiger partial charge in [0.15, 0.2) is 0 Å². The van der Waals surface area contributed by atoms with Crippen molar-refractivity contribution in [2.24, 2.45) is 0 Å². The molecule has 19 heavy (non-hydrogen) atoms. The summed E-state index contributed by atoms with van der Waals surface area (Å²) in [6.45, 7) is -0.471. The smallest absolute Gasteiger partial charge is 0.326 e. The fourth-order valence-corrected chi connectivity index (χ4v) is 2.00. The van der Waals surface area contributed by atoms with Crippen molar-refractivity contribution < 1.29 is 16.1 Å². The average Bonchev–Trinajstić information content (AvgIpc) is 2.46. The van der Waals surface area contributed by atoms with Gasteiger partial charge in [-0.25, -0.2) is 4.79 Å². The Kier molecular flexibility index (Phi) is 3.40. The van der Waals surface area contributed by atoms with Crippen molar-refractivity contribution in [3.05, 3.63) is 48.0 Å². The Balaban J connectivity index is 2.19. The van der Waals surface area contributed by atoms with Crippen LogP contribution in [-0.4, -0.2) is 23.0 Å². The van der Waals surface area contributed by atoms with Crippen LogP contribution in [0.5, 0.6) is 0 Å². The van der Waals surface area contributed by atoms with Gasteiger partial charge in [-0.3, -0.25) is 4.79 Å². The van der Waals surface area contributed by atoms with Gasteiger partial charge in [0.1, 0.15) is 6.04 Å². The van der Waals surface area contributed by atoms with Crippen molar-refractivity contribution in [3.8, 4) is 0 Å². The van der Waals surface area contributed by atoms with E-state index in [4.69, 9.17) is 6.48 Å². The van der Waals surface area contributed by atoms with Gasteiger partial charge in [0.25, 0.3) is 0 Å². The van der Waals surface area contributed by atoms with Gasteiger partial charge in [0.05, 0.1) is 0 Å². The predicted octanol–water partition coefficient (Wildman–Crippen LogP) is 1.97. The average molecular weight is 258 g/mol. The van der Waals surface area contributed by atoms with Gasteiger partial charge in [-0.1, -0.05) is 42.5 Å². The van der Waals surface area contributed by atoms with Crippen LogP contribution in [0.15, 0.2) is 42.5 Å². The topological polar surface area (TPSA) is 66.4 Å². The standard InChI is InChI=1S/C15H15NO3/c1-10(17)16-14(15(18)19)9-11-6-7-12-4-2-3-5-13(12)8-11/h2-8,14H,9H2,1H3,(H,16,17)(H,18,19)/t14-/m0/s1/i1D. The highest BCUT2D eigenvalue weighted by Crippen LogP contribution is 2.16. The maximum absolute atomic E-state index is 11.2. The van der Waals surface area contributed by atoms with Gasteiger partial charge in [0.2, 0.25) is 5.91 Å². The van der Waals surface area contributed by atoms with E-state index in [2.05, 4.69) is 5.32 Å². The Labute approximate surface area is 112 Å². The Hall–Kier alpha value is -2.36. The molecule has 0 radical (unpaired) electrons. The molecule has 2 rings (SSSR count). The second-order valence-corrected chi connectivity index (χ2v) is 4.34. The molecule has 2 aromatic carbocycles. The molecule has 1 atom stereocenters. The lowest BCUT2D eigenvalue weighted by atomic mass is 10.0. The normalized spacial score (nSPS) is 12.7. The molecule has 0 aliphatic rings. The lowest BCUT2D eigenvalue weighted by Crippen LogP contribution is -2.41. The number of rotatable bonds is 4.